The summed E-state index contributed by atoms with van der Waals surface area (Å²) >= 11 is 6.11. The van der Waals surface area contributed by atoms with E-state index in [1.807, 2.05) is 0 Å². The molecule has 0 aliphatic heterocycles. The molecule has 0 saturated carbocycles. The van der Waals surface area contributed by atoms with Gasteiger partial charge in [0.1, 0.15) is 5.02 Å². The van der Waals surface area contributed by atoms with Crippen LogP contribution < -0.4 is 10.6 Å². The number of nitrogens with zero attached hydrogens (tertiary/aromatic N) is 2. The number of halogens is 2. The Morgan fingerprint density at radius 3 is 2.25 bits per heavy atom. The standard InChI is InChI=1S/C18H13ClN4O4.ClH/c19-13-9-20-18(21-11-7-5-10(6-8-11)16(24)25)23-15(13)22-14-4-2-1-3-12(14)17(26)27;/h1-9H,(H,24,25)(H,26,27)(H2,20,21,22,23);1H. The number of aromatic nitrogens is 2. The quantitative estimate of drug-likeness (QED) is 0.461. The van der Waals surface area contributed by atoms with Gasteiger partial charge in [0.25, 0.3) is 0 Å². The van der Waals surface area contributed by atoms with Crippen LogP contribution >= 0.6 is 24.0 Å². The van der Waals surface area contributed by atoms with Crippen LogP contribution in [0.2, 0.25) is 5.02 Å². The van der Waals surface area contributed by atoms with Crippen molar-refractivity contribution in [1.82, 2.24) is 9.97 Å². The van der Waals surface area contributed by atoms with Gasteiger partial charge < -0.3 is 20.8 Å². The van der Waals surface area contributed by atoms with Crippen molar-refractivity contribution in [2.45, 2.75) is 0 Å². The lowest BCUT2D eigenvalue weighted by Gasteiger charge is -2.12. The van der Waals surface area contributed by atoms with Crippen molar-refractivity contribution >= 4 is 59.1 Å². The fourth-order valence-electron chi connectivity index (χ4n) is 2.25. The molecule has 0 fully saturated rings. The topological polar surface area (TPSA) is 124 Å². The van der Waals surface area contributed by atoms with Gasteiger partial charge in [-0.25, -0.2) is 14.6 Å². The van der Waals surface area contributed by atoms with Crippen molar-refractivity contribution < 1.29 is 19.8 Å². The number of carboxylic acids is 2. The molecule has 8 nitrogen and oxygen atoms in total. The van der Waals surface area contributed by atoms with Crippen LogP contribution in [0.5, 0.6) is 0 Å². The summed E-state index contributed by atoms with van der Waals surface area (Å²) in [6.45, 7) is 0. The minimum absolute atomic E-state index is 0. The molecule has 2 aromatic carbocycles. The van der Waals surface area contributed by atoms with Crippen LogP contribution in [0.4, 0.5) is 23.1 Å². The molecule has 0 spiro atoms. The molecule has 0 amide bonds. The second kappa shape index (κ2) is 9.03. The maximum Gasteiger partial charge on any atom is 0.337 e. The summed E-state index contributed by atoms with van der Waals surface area (Å²) in [4.78, 5) is 30.5. The average molecular weight is 421 g/mol. The Bertz CT molecular complexity index is 1010. The molecule has 4 N–H and O–H groups in total. The maximum atomic E-state index is 11.3. The fraction of sp³-hybridized carbons (Fsp3) is 0. The third kappa shape index (κ3) is 4.87. The van der Waals surface area contributed by atoms with E-state index in [0.29, 0.717) is 11.4 Å². The monoisotopic (exact) mass is 420 g/mol. The van der Waals surface area contributed by atoms with E-state index >= 15 is 0 Å². The number of aromatic carboxylic acids is 2. The Morgan fingerprint density at radius 1 is 0.929 bits per heavy atom. The lowest BCUT2D eigenvalue weighted by molar-refractivity contribution is 0.0686. The second-order valence-corrected chi connectivity index (χ2v) is 5.78. The number of benzene rings is 2. The number of hydrogen-bond donors (Lipinski definition) is 4. The van der Waals surface area contributed by atoms with Gasteiger partial charge in [-0.3, -0.25) is 0 Å². The van der Waals surface area contributed by atoms with E-state index in [1.54, 1.807) is 30.3 Å². The molecule has 0 radical (unpaired) electrons. The molecule has 144 valence electrons. The van der Waals surface area contributed by atoms with Crippen molar-refractivity contribution in [2.24, 2.45) is 0 Å². The van der Waals surface area contributed by atoms with E-state index in [2.05, 4.69) is 20.6 Å². The molecular weight excluding hydrogens is 407 g/mol. The molecule has 10 heteroatoms. The first-order valence-corrected chi connectivity index (χ1v) is 8.04. The highest BCUT2D eigenvalue weighted by atomic mass is 35.5. The SMILES string of the molecule is Cl.O=C(O)c1ccc(Nc2ncc(Cl)c(Nc3ccccc3C(=O)O)n2)cc1. The average Bonchev–Trinajstić information content (AvgIpc) is 2.65. The van der Waals surface area contributed by atoms with Crippen LogP contribution in [-0.2, 0) is 0 Å². The van der Waals surface area contributed by atoms with Gasteiger partial charge in [0.15, 0.2) is 5.82 Å². The van der Waals surface area contributed by atoms with Crippen molar-refractivity contribution in [3.8, 4) is 0 Å². The third-order valence-electron chi connectivity index (χ3n) is 3.54. The lowest BCUT2D eigenvalue weighted by Crippen LogP contribution is -2.05. The zero-order valence-electron chi connectivity index (χ0n) is 14.1. The van der Waals surface area contributed by atoms with E-state index in [0.717, 1.165) is 0 Å². The molecule has 0 atom stereocenters. The van der Waals surface area contributed by atoms with Crippen LogP contribution in [0, 0.1) is 0 Å². The first-order chi connectivity index (χ1) is 12.9. The Hall–Kier alpha value is -3.36. The molecule has 0 saturated heterocycles. The normalized spacial score (nSPS) is 9.89. The lowest BCUT2D eigenvalue weighted by atomic mass is 10.2. The smallest absolute Gasteiger partial charge is 0.337 e. The third-order valence-corrected chi connectivity index (χ3v) is 3.82. The van der Waals surface area contributed by atoms with E-state index < -0.39 is 11.9 Å². The van der Waals surface area contributed by atoms with Crippen LogP contribution in [0.3, 0.4) is 0 Å². The van der Waals surface area contributed by atoms with Gasteiger partial charge in [0.2, 0.25) is 5.95 Å². The first-order valence-electron chi connectivity index (χ1n) is 7.66. The van der Waals surface area contributed by atoms with E-state index in [9.17, 15) is 14.7 Å². The first kappa shape index (κ1) is 20.9. The number of carboxylic acid groups (broad SMARTS) is 2. The van der Waals surface area contributed by atoms with Crippen molar-refractivity contribution in [2.75, 3.05) is 10.6 Å². The molecule has 3 aromatic rings. The predicted octanol–water partition coefficient (Wildman–Crippen LogP) is 4.44. The summed E-state index contributed by atoms with van der Waals surface area (Å²) in [5.41, 5.74) is 1.15. The van der Waals surface area contributed by atoms with E-state index in [1.165, 1.54) is 24.4 Å². The van der Waals surface area contributed by atoms with E-state index in [-0.39, 0.29) is 40.3 Å². The number of carbonyl (C=O) groups is 2. The molecule has 0 aliphatic rings. The maximum absolute atomic E-state index is 11.3. The van der Waals surface area contributed by atoms with Gasteiger partial charge in [-0.15, -0.1) is 12.4 Å². The number of rotatable bonds is 6. The van der Waals surface area contributed by atoms with Crippen LogP contribution in [0.25, 0.3) is 0 Å². The van der Waals surface area contributed by atoms with Gasteiger partial charge in [0.05, 0.1) is 23.0 Å². The summed E-state index contributed by atoms with van der Waals surface area (Å²) in [7, 11) is 0. The zero-order valence-corrected chi connectivity index (χ0v) is 15.7. The number of anilines is 4. The highest BCUT2D eigenvalue weighted by Crippen LogP contribution is 2.26. The molecule has 0 unspecified atom stereocenters. The highest BCUT2D eigenvalue weighted by molar-refractivity contribution is 6.33. The minimum atomic E-state index is -1.08. The number of hydrogen-bond acceptors (Lipinski definition) is 6. The summed E-state index contributed by atoms with van der Waals surface area (Å²) < 4.78 is 0. The Labute approximate surface area is 170 Å². The second-order valence-electron chi connectivity index (χ2n) is 5.37. The molecule has 3 rings (SSSR count). The zero-order chi connectivity index (χ0) is 19.4. The largest absolute Gasteiger partial charge is 0.478 e. The molecular formula is C18H14Cl2N4O4. The van der Waals surface area contributed by atoms with Crippen LogP contribution in [0.15, 0.2) is 54.7 Å². The summed E-state index contributed by atoms with van der Waals surface area (Å²) in [5, 5.41) is 24.2. The molecule has 1 aromatic heterocycles. The van der Waals surface area contributed by atoms with Gasteiger partial charge in [0, 0.05) is 5.69 Å². The van der Waals surface area contributed by atoms with Gasteiger partial charge in [-0.1, -0.05) is 23.7 Å². The number of para-hydroxylation sites is 1. The fourth-order valence-corrected chi connectivity index (χ4v) is 2.38. The highest BCUT2D eigenvalue weighted by Gasteiger charge is 2.12. The van der Waals surface area contributed by atoms with Crippen LogP contribution in [-0.4, -0.2) is 32.1 Å². The van der Waals surface area contributed by atoms with Gasteiger partial charge in [-0.2, -0.15) is 4.98 Å². The van der Waals surface area contributed by atoms with Crippen molar-refractivity contribution in [1.29, 1.82) is 0 Å². The predicted molar refractivity (Wildman–Crippen MR) is 108 cm³/mol. The Balaban J connectivity index is 0.00000280. The Morgan fingerprint density at radius 2 is 1.61 bits per heavy atom. The molecule has 0 bridgehead atoms. The molecule has 0 aliphatic carbocycles. The van der Waals surface area contributed by atoms with Crippen LogP contribution in [0.1, 0.15) is 20.7 Å². The summed E-state index contributed by atoms with van der Waals surface area (Å²) in [6.07, 6.45) is 1.37. The molecule has 28 heavy (non-hydrogen) atoms. The summed E-state index contributed by atoms with van der Waals surface area (Å²) in [5.74, 6) is -1.67. The van der Waals surface area contributed by atoms with Gasteiger partial charge in [-0.05, 0) is 36.4 Å². The minimum Gasteiger partial charge on any atom is -0.478 e. The number of nitrogens with one attached hydrogen (secondary N) is 2. The van der Waals surface area contributed by atoms with Gasteiger partial charge >= 0.3 is 11.9 Å². The van der Waals surface area contributed by atoms with Crippen molar-refractivity contribution in [3.05, 3.63) is 70.9 Å². The van der Waals surface area contributed by atoms with E-state index in [4.69, 9.17) is 16.7 Å². The Kier molecular flexibility index (Phi) is 6.75. The van der Waals surface area contributed by atoms with Crippen molar-refractivity contribution in [3.63, 3.8) is 0 Å². The molecule has 1 heterocycles. The summed E-state index contributed by atoms with van der Waals surface area (Å²) in [6, 6.07) is 12.4.